The van der Waals surface area contributed by atoms with Crippen LogP contribution in [0.15, 0.2) is 23.1 Å². The third-order valence-electron chi connectivity index (χ3n) is 3.38. The van der Waals surface area contributed by atoms with Crippen molar-refractivity contribution in [1.82, 2.24) is 4.90 Å². The van der Waals surface area contributed by atoms with E-state index in [0.717, 1.165) is 31.0 Å². The molecule has 7 heteroatoms. The zero-order valence-electron chi connectivity index (χ0n) is 11.0. The zero-order chi connectivity index (χ0) is 14.9. The zero-order valence-corrected chi connectivity index (χ0v) is 12.5. The summed E-state index contributed by atoms with van der Waals surface area (Å²) >= 11 is 0. The molecule has 0 radical (unpaired) electrons. The normalized spacial score (nSPS) is 19.9. The maximum absolute atomic E-state index is 13.3. The fourth-order valence-electron chi connectivity index (χ4n) is 2.43. The number of amides is 1. The summed E-state index contributed by atoms with van der Waals surface area (Å²) in [6.45, 7) is 3.10. The highest BCUT2D eigenvalue weighted by Gasteiger charge is 2.27. The molecule has 110 valence electrons. The number of hydrogen-bond donors (Lipinski definition) is 0. The van der Waals surface area contributed by atoms with E-state index in [-0.39, 0.29) is 10.5 Å². The molecule has 1 amide bonds. The van der Waals surface area contributed by atoms with Crippen LogP contribution in [-0.2, 0) is 9.05 Å². The molecule has 4 nitrogen and oxygen atoms in total. The van der Waals surface area contributed by atoms with Crippen LogP contribution in [0, 0.1) is 11.7 Å². The van der Waals surface area contributed by atoms with E-state index in [0.29, 0.717) is 19.0 Å². The Morgan fingerprint density at radius 2 is 2.15 bits per heavy atom. The van der Waals surface area contributed by atoms with Crippen LogP contribution in [0.1, 0.15) is 30.1 Å². The predicted octanol–water partition coefficient (Wildman–Crippen LogP) is 2.63. The van der Waals surface area contributed by atoms with Gasteiger partial charge in [0.05, 0.1) is 10.5 Å². The minimum atomic E-state index is -4.09. The maximum Gasteiger partial charge on any atom is 0.262 e. The highest BCUT2D eigenvalue weighted by molar-refractivity contribution is 8.13. The molecule has 0 aliphatic carbocycles. The van der Waals surface area contributed by atoms with Crippen LogP contribution in [0.4, 0.5) is 4.39 Å². The molecule has 0 N–H and O–H groups in total. The average molecular weight is 320 g/mol. The van der Waals surface area contributed by atoms with Crippen molar-refractivity contribution in [1.29, 1.82) is 0 Å². The van der Waals surface area contributed by atoms with Crippen LogP contribution in [0.3, 0.4) is 0 Å². The van der Waals surface area contributed by atoms with Crippen molar-refractivity contribution in [2.75, 3.05) is 13.1 Å². The molecule has 20 heavy (non-hydrogen) atoms. The third-order valence-corrected chi connectivity index (χ3v) is 4.76. The van der Waals surface area contributed by atoms with Crippen molar-refractivity contribution in [3.8, 4) is 0 Å². The van der Waals surface area contributed by atoms with Gasteiger partial charge in [0.15, 0.2) is 0 Å². The molecule has 1 aliphatic rings. The fourth-order valence-corrected chi connectivity index (χ4v) is 3.47. The number of carbonyl (C=O) groups excluding carboxylic acids is 1. The number of hydrogen-bond acceptors (Lipinski definition) is 3. The number of likely N-dealkylation sites (tertiary alicyclic amines) is 1. The van der Waals surface area contributed by atoms with Gasteiger partial charge >= 0.3 is 0 Å². The monoisotopic (exact) mass is 319 g/mol. The average Bonchev–Trinajstić information content (AvgIpc) is 2.36. The van der Waals surface area contributed by atoms with Gasteiger partial charge in [-0.15, -0.1) is 0 Å². The van der Waals surface area contributed by atoms with Gasteiger partial charge in [0, 0.05) is 23.8 Å². The number of halogens is 2. The van der Waals surface area contributed by atoms with Crippen molar-refractivity contribution in [2.24, 2.45) is 5.92 Å². The Morgan fingerprint density at radius 1 is 1.45 bits per heavy atom. The molecule has 0 aromatic heterocycles. The minimum Gasteiger partial charge on any atom is -0.338 e. The van der Waals surface area contributed by atoms with Crippen LogP contribution in [-0.4, -0.2) is 32.3 Å². The molecule has 1 aromatic carbocycles. The number of piperidine rings is 1. The summed E-state index contributed by atoms with van der Waals surface area (Å²) in [4.78, 5) is 13.6. The molecule has 1 heterocycles. The molecule has 2 rings (SSSR count). The summed E-state index contributed by atoms with van der Waals surface area (Å²) in [5, 5.41) is 0. The predicted molar refractivity (Wildman–Crippen MR) is 73.7 cm³/mol. The quantitative estimate of drug-likeness (QED) is 0.787. The van der Waals surface area contributed by atoms with Crippen LogP contribution in [0.5, 0.6) is 0 Å². The van der Waals surface area contributed by atoms with E-state index in [1.165, 1.54) is 0 Å². The Morgan fingerprint density at radius 3 is 2.75 bits per heavy atom. The Balaban J connectivity index is 2.41. The van der Waals surface area contributed by atoms with Gasteiger partial charge in [-0.1, -0.05) is 6.92 Å². The number of carbonyl (C=O) groups is 1. The van der Waals surface area contributed by atoms with Gasteiger partial charge in [-0.05, 0) is 37.0 Å². The molecule has 1 saturated heterocycles. The first kappa shape index (κ1) is 15.3. The van der Waals surface area contributed by atoms with E-state index >= 15 is 0 Å². The lowest BCUT2D eigenvalue weighted by molar-refractivity contribution is 0.0678. The standard InChI is InChI=1S/C13H15ClFNO3S/c1-9-3-2-6-16(8-9)13(17)11-7-10(15)4-5-12(11)20(14,18)19/h4-5,7,9H,2-3,6,8H2,1H3. The molecule has 0 saturated carbocycles. The smallest absolute Gasteiger partial charge is 0.262 e. The van der Waals surface area contributed by atoms with E-state index in [4.69, 9.17) is 10.7 Å². The second-order valence-electron chi connectivity index (χ2n) is 5.08. The van der Waals surface area contributed by atoms with E-state index in [1.54, 1.807) is 4.90 Å². The van der Waals surface area contributed by atoms with Crippen LogP contribution in [0.25, 0.3) is 0 Å². The lowest BCUT2D eigenvalue weighted by Crippen LogP contribution is -2.39. The van der Waals surface area contributed by atoms with E-state index < -0.39 is 20.8 Å². The molecule has 1 aromatic rings. The Hall–Kier alpha value is -1.14. The minimum absolute atomic E-state index is 0.200. The number of rotatable bonds is 2. The lowest BCUT2D eigenvalue weighted by Gasteiger charge is -2.31. The Bertz CT molecular complexity index is 633. The molecule has 1 unspecified atom stereocenters. The number of benzene rings is 1. The second kappa shape index (κ2) is 5.69. The van der Waals surface area contributed by atoms with E-state index in [1.807, 2.05) is 6.92 Å². The van der Waals surface area contributed by atoms with Crippen LogP contribution in [0.2, 0.25) is 0 Å². The molecule has 0 spiro atoms. The fraction of sp³-hybridized carbons (Fsp3) is 0.462. The SMILES string of the molecule is CC1CCCN(C(=O)c2cc(F)ccc2S(=O)(=O)Cl)C1. The van der Waals surface area contributed by atoms with Gasteiger partial charge in [0.1, 0.15) is 5.82 Å². The van der Waals surface area contributed by atoms with Crippen molar-refractivity contribution in [3.63, 3.8) is 0 Å². The Kier molecular flexibility index (Phi) is 4.34. The molecule has 1 atom stereocenters. The number of nitrogens with zero attached hydrogens (tertiary/aromatic N) is 1. The van der Waals surface area contributed by atoms with Gasteiger partial charge in [0.2, 0.25) is 0 Å². The summed E-state index contributed by atoms with van der Waals surface area (Å²) < 4.78 is 36.3. The van der Waals surface area contributed by atoms with Crippen molar-refractivity contribution in [2.45, 2.75) is 24.7 Å². The molecule has 1 fully saturated rings. The molecular formula is C13H15ClFNO3S. The van der Waals surface area contributed by atoms with Gasteiger partial charge in [-0.3, -0.25) is 4.79 Å². The summed E-state index contributed by atoms with van der Waals surface area (Å²) in [5.41, 5.74) is -0.200. The van der Waals surface area contributed by atoms with Gasteiger partial charge in [-0.25, -0.2) is 12.8 Å². The molecule has 1 aliphatic heterocycles. The second-order valence-corrected chi connectivity index (χ2v) is 7.61. The van der Waals surface area contributed by atoms with Crippen molar-refractivity contribution in [3.05, 3.63) is 29.6 Å². The lowest BCUT2D eigenvalue weighted by atomic mass is 9.99. The summed E-state index contributed by atoms with van der Waals surface area (Å²) in [7, 11) is 1.22. The topological polar surface area (TPSA) is 54.5 Å². The summed E-state index contributed by atoms with van der Waals surface area (Å²) in [6.07, 6.45) is 1.87. The first-order valence-corrected chi connectivity index (χ1v) is 8.63. The third kappa shape index (κ3) is 3.30. The van der Waals surface area contributed by atoms with Gasteiger partial charge in [0.25, 0.3) is 15.0 Å². The van der Waals surface area contributed by atoms with Gasteiger partial charge in [-0.2, -0.15) is 0 Å². The maximum atomic E-state index is 13.3. The largest absolute Gasteiger partial charge is 0.338 e. The molecular weight excluding hydrogens is 305 g/mol. The first-order chi connectivity index (χ1) is 9.29. The van der Waals surface area contributed by atoms with E-state index in [2.05, 4.69) is 0 Å². The van der Waals surface area contributed by atoms with Crippen LogP contribution >= 0.6 is 10.7 Å². The summed E-state index contributed by atoms with van der Waals surface area (Å²) in [5.74, 6) is -0.810. The highest BCUT2D eigenvalue weighted by Crippen LogP contribution is 2.25. The Labute approximate surface area is 121 Å². The molecule has 0 bridgehead atoms. The summed E-state index contributed by atoms with van der Waals surface area (Å²) in [6, 6.07) is 2.93. The highest BCUT2D eigenvalue weighted by atomic mass is 35.7. The van der Waals surface area contributed by atoms with Crippen molar-refractivity contribution < 1.29 is 17.6 Å². The van der Waals surface area contributed by atoms with Crippen LogP contribution < -0.4 is 0 Å². The van der Waals surface area contributed by atoms with Gasteiger partial charge < -0.3 is 4.90 Å². The van der Waals surface area contributed by atoms with E-state index in [9.17, 15) is 17.6 Å². The van der Waals surface area contributed by atoms with Crippen molar-refractivity contribution >= 4 is 25.6 Å². The first-order valence-electron chi connectivity index (χ1n) is 6.32.